The molecule has 1 unspecified atom stereocenters. The highest BCUT2D eigenvalue weighted by molar-refractivity contribution is 5.94. The van der Waals surface area contributed by atoms with Crippen molar-refractivity contribution in [3.05, 3.63) is 48.0 Å². The molecular weight excluding hydrogens is 280 g/mol. The Morgan fingerprint density at radius 1 is 1.27 bits per heavy atom. The lowest BCUT2D eigenvalue weighted by Gasteiger charge is -2.13. The van der Waals surface area contributed by atoms with E-state index in [2.05, 4.69) is 12.1 Å². The predicted molar refractivity (Wildman–Crippen MR) is 80.0 cm³/mol. The first-order chi connectivity index (χ1) is 10.7. The van der Waals surface area contributed by atoms with Crippen LogP contribution in [0.3, 0.4) is 0 Å². The maximum Gasteiger partial charge on any atom is 0.313 e. The molecule has 0 radical (unpaired) electrons. The minimum atomic E-state index is -0.713. The first-order valence-corrected chi connectivity index (χ1v) is 7.39. The van der Waals surface area contributed by atoms with Crippen molar-refractivity contribution in [3.8, 4) is 0 Å². The van der Waals surface area contributed by atoms with E-state index in [1.54, 1.807) is 0 Å². The fourth-order valence-electron chi connectivity index (χ4n) is 3.84. The Balaban J connectivity index is 1.68. The van der Waals surface area contributed by atoms with E-state index in [9.17, 15) is 9.59 Å². The van der Waals surface area contributed by atoms with Crippen molar-refractivity contribution < 1.29 is 19.1 Å². The number of rotatable bonds is 3. The minimum absolute atomic E-state index is 0.0427. The Morgan fingerprint density at radius 2 is 2.05 bits per heavy atom. The van der Waals surface area contributed by atoms with Crippen LogP contribution >= 0.6 is 0 Å². The van der Waals surface area contributed by atoms with E-state index >= 15 is 0 Å². The fourth-order valence-corrected chi connectivity index (χ4v) is 3.84. The van der Waals surface area contributed by atoms with Crippen LogP contribution in [-0.4, -0.2) is 25.7 Å². The molecule has 4 heteroatoms. The number of methoxy groups -OCH3 is 1. The number of hydrogen-bond donors (Lipinski definition) is 0. The van der Waals surface area contributed by atoms with Crippen molar-refractivity contribution in [3.63, 3.8) is 0 Å². The second kappa shape index (κ2) is 4.57. The van der Waals surface area contributed by atoms with E-state index in [-0.39, 0.29) is 23.8 Å². The van der Waals surface area contributed by atoms with Gasteiger partial charge in [0.15, 0.2) is 0 Å². The molecular formula is C18H16O4. The Bertz CT molecular complexity index is 782. The van der Waals surface area contributed by atoms with Crippen molar-refractivity contribution in [1.29, 1.82) is 0 Å². The third-order valence-electron chi connectivity index (χ3n) is 5.05. The summed E-state index contributed by atoms with van der Waals surface area (Å²) >= 11 is 0. The van der Waals surface area contributed by atoms with Crippen LogP contribution in [0.1, 0.15) is 5.56 Å². The molecule has 112 valence electrons. The molecule has 2 aromatic rings. The first kappa shape index (κ1) is 13.3. The van der Waals surface area contributed by atoms with Gasteiger partial charge in [-0.25, -0.2) is 0 Å². The van der Waals surface area contributed by atoms with E-state index in [0.29, 0.717) is 13.0 Å². The molecule has 22 heavy (non-hydrogen) atoms. The molecule has 1 heterocycles. The summed E-state index contributed by atoms with van der Waals surface area (Å²) in [7, 11) is 1.37. The van der Waals surface area contributed by atoms with E-state index in [0.717, 1.165) is 16.3 Å². The molecule has 3 atom stereocenters. The monoisotopic (exact) mass is 296 g/mol. The number of benzene rings is 2. The second-order valence-corrected chi connectivity index (χ2v) is 6.10. The SMILES string of the molecule is COC(=O)C1[C@@H]2COC(=O)[C@]12Cc1ccc2ccccc2c1. The zero-order valence-corrected chi connectivity index (χ0v) is 12.2. The van der Waals surface area contributed by atoms with E-state index in [4.69, 9.17) is 9.47 Å². The zero-order chi connectivity index (χ0) is 15.3. The number of ether oxygens (including phenoxy) is 2. The first-order valence-electron chi connectivity index (χ1n) is 7.39. The van der Waals surface area contributed by atoms with Gasteiger partial charge in [0.1, 0.15) is 0 Å². The largest absolute Gasteiger partial charge is 0.469 e. The number of fused-ring (bicyclic) bond motifs is 2. The van der Waals surface area contributed by atoms with Gasteiger partial charge in [-0.1, -0.05) is 42.5 Å². The minimum Gasteiger partial charge on any atom is -0.469 e. The molecule has 1 aliphatic heterocycles. The average Bonchev–Trinajstić information content (AvgIpc) is 3.08. The summed E-state index contributed by atoms with van der Waals surface area (Å²) in [4.78, 5) is 24.1. The van der Waals surface area contributed by atoms with Crippen molar-refractivity contribution in [1.82, 2.24) is 0 Å². The van der Waals surface area contributed by atoms with Gasteiger partial charge in [0.05, 0.1) is 25.0 Å². The summed E-state index contributed by atoms with van der Waals surface area (Å²) < 4.78 is 10.0. The van der Waals surface area contributed by atoms with Gasteiger partial charge in [-0.3, -0.25) is 9.59 Å². The Hall–Kier alpha value is -2.36. The smallest absolute Gasteiger partial charge is 0.313 e. The van der Waals surface area contributed by atoms with E-state index in [1.165, 1.54) is 7.11 Å². The van der Waals surface area contributed by atoms with Crippen LogP contribution in [0.2, 0.25) is 0 Å². The van der Waals surface area contributed by atoms with Gasteiger partial charge >= 0.3 is 11.9 Å². The maximum absolute atomic E-state index is 12.2. The topological polar surface area (TPSA) is 52.6 Å². The Morgan fingerprint density at radius 3 is 2.82 bits per heavy atom. The molecule has 2 aliphatic rings. The number of hydrogen-bond acceptors (Lipinski definition) is 4. The third-order valence-corrected chi connectivity index (χ3v) is 5.05. The summed E-state index contributed by atoms with van der Waals surface area (Å²) in [5, 5.41) is 2.30. The molecule has 2 fully saturated rings. The summed E-state index contributed by atoms with van der Waals surface area (Å²) in [6.45, 7) is 0.326. The third kappa shape index (κ3) is 1.70. The summed E-state index contributed by atoms with van der Waals surface area (Å²) in [5.41, 5.74) is 0.337. The van der Waals surface area contributed by atoms with Crippen molar-refractivity contribution in [2.45, 2.75) is 6.42 Å². The van der Waals surface area contributed by atoms with Crippen molar-refractivity contribution in [2.75, 3.05) is 13.7 Å². The molecule has 4 nitrogen and oxygen atoms in total. The molecule has 0 spiro atoms. The van der Waals surface area contributed by atoms with Crippen LogP contribution in [0.4, 0.5) is 0 Å². The lowest BCUT2D eigenvalue weighted by molar-refractivity contribution is -0.153. The summed E-state index contributed by atoms with van der Waals surface area (Å²) in [6, 6.07) is 14.2. The molecule has 1 saturated heterocycles. The summed E-state index contributed by atoms with van der Waals surface area (Å²) in [5.74, 6) is -0.965. The average molecular weight is 296 g/mol. The summed E-state index contributed by atoms with van der Waals surface area (Å²) in [6.07, 6.45) is 0.529. The molecule has 0 aromatic heterocycles. The second-order valence-electron chi connectivity index (χ2n) is 6.10. The highest BCUT2D eigenvalue weighted by Crippen LogP contribution is 2.65. The van der Waals surface area contributed by atoms with Gasteiger partial charge in [0.25, 0.3) is 0 Å². The number of carbonyl (C=O) groups excluding carboxylic acids is 2. The number of carbonyl (C=O) groups is 2. The molecule has 0 bridgehead atoms. The molecule has 0 amide bonds. The number of esters is 2. The quantitative estimate of drug-likeness (QED) is 0.816. The number of cyclic esters (lactones) is 1. The van der Waals surface area contributed by atoms with Gasteiger partial charge in [-0.15, -0.1) is 0 Å². The van der Waals surface area contributed by atoms with Crippen LogP contribution < -0.4 is 0 Å². The van der Waals surface area contributed by atoms with Crippen LogP contribution in [0, 0.1) is 17.3 Å². The standard InChI is InChI=1S/C18H16O4/c1-21-16(19)15-14-10-22-17(20)18(14,15)9-11-6-7-12-4-2-3-5-13(12)8-11/h2-8,14-15H,9-10H2,1H3/t14-,15?,18-/m0/s1. The van der Waals surface area contributed by atoms with Crippen molar-refractivity contribution in [2.24, 2.45) is 17.3 Å². The molecule has 2 aromatic carbocycles. The molecule has 4 rings (SSSR count). The Kier molecular flexibility index (Phi) is 2.76. The Labute approximate surface area is 128 Å². The lowest BCUT2D eigenvalue weighted by Crippen LogP contribution is -2.24. The highest BCUT2D eigenvalue weighted by atomic mass is 16.6. The fraction of sp³-hybridized carbons (Fsp3) is 0.333. The zero-order valence-electron chi connectivity index (χ0n) is 12.2. The normalized spacial score (nSPS) is 29.0. The lowest BCUT2D eigenvalue weighted by atomic mass is 9.92. The van der Waals surface area contributed by atoms with Gasteiger partial charge < -0.3 is 9.47 Å². The van der Waals surface area contributed by atoms with Gasteiger partial charge in [-0.05, 0) is 22.8 Å². The van der Waals surface area contributed by atoms with Crippen LogP contribution in [0.15, 0.2) is 42.5 Å². The van der Waals surface area contributed by atoms with Gasteiger partial charge in [0, 0.05) is 5.92 Å². The molecule has 1 saturated carbocycles. The van der Waals surface area contributed by atoms with E-state index in [1.807, 2.05) is 30.3 Å². The van der Waals surface area contributed by atoms with Crippen LogP contribution in [0.5, 0.6) is 0 Å². The van der Waals surface area contributed by atoms with Crippen molar-refractivity contribution >= 4 is 22.7 Å². The maximum atomic E-state index is 12.2. The van der Waals surface area contributed by atoms with Gasteiger partial charge in [-0.2, -0.15) is 0 Å². The van der Waals surface area contributed by atoms with Crippen LogP contribution in [-0.2, 0) is 25.5 Å². The van der Waals surface area contributed by atoms with E-state index < -0.39 is 5.41 Å². The van der Waals surface area contributed by atoms with Gasteiger partial charge in [0.2, 0.25) is 0 Å². The highest BCUT2D eigenvalue weighted by Gasteiger charge is 2.77. The molecule has 1 aliphatic carbocycles. The molecule has 0 N–H and O–H groups in total. The van der Waals surface area contributed by atoms with Crippen LogP contribution in [0.25, 0.3) is 10.8 Å². The predicted octanol–water partition coefficient (Wildman–Crippen LogP) is 2.34.